The summed E-state index contributed by atoms with van der Waals surface area (Å²) in [6.07, 6.45) is 1.48. The maximum atomic E-state index is 11.7. The second-order valence-electron chi connectivity index (χ2n) is 3.90. The minimum atomic E-state index is -0.459. The summed E-state index contributed by atoms with van der Waals surface area (Å²) < 4.78 is 10.8. The molecule has 0 unspecified atom stereocenters. The highest BCUT2D eigenvalue weighted by Gasteiger charge is 2.08. The van der Waals surface area contributed by atoms with Crippen LogP contribution in [-0.4, -0.2) is 35.0 Å². The Morgan fingerprint density at radius 3 is 2.80 bits per heavy atom. The summed E-state index contributed by atoms with van der Waals surface area (Å²) in [5.41, 5.74) is 0.611. The second-order valence-corrected chi connectivity index (χ2v) is 3.90. The Hall–Kier alpha value is -2.70. The first-order valence-corrected chi connectivity index (χ1v) is 5.79. The summed E-state index contributed by atoms with van der Waals surface area (Å²) >= 11 is 0. The monoisotopic (exact) mass is 275 g/mol. The van der Waals surface area contributed by atoms with Crippen LogP contribution in [0.25, 0.3) is 0 Å². The first-order valence-electron chi connectivity index (χ1n) is 5.79. The molecule has 7 heteroatoms. The van der Waals surface area contributed by atoms with Gasteiger partial charge in [0.2, 0.25) is 5.88 Å². The SMILES string of the molecule is COC(=O)c1ccnc(Cn2nc(OC)ccc2=O)c1. The van der Waals surface area contributed by atoms with E-state index in [1.165, 1.54) is 43.3 Å². The Kier molecular flexibility index (Phi) is 4.09. The van der Waals surface area contributed by atoms with Crippen LogP contribution >= 0.6 is 0 Å². The van der Waals surface area contributed by atoms with E-state index in [1.807, 2.05) is 0 Å². The third-order valence-electron chi connectivity index (χ3n) is 2.60. The molecule has 0 aliphatic rings. The minimum absolute atomic E-state index is 0.140. The van der Waals surface area contributed by atoms with Crippen LogP contribution in [0.3, 0.4) is 0 Å². The van der Waals surface area contributed by atoms with E-state index in [4.69, 9.17) is 4.74 Å². The number of hydrogen-bond acceptors (Lipinski definition) is 6. The smallest absolute Gasteiger partial charge is 0.337 e. The molecule has 0 amide bonds. The normalized spacial score (nSPS) is 10.1. The molecule has 0 saturated heterocycles. The molecule has 0 bridgehead atoms. The number of hydrogen-bond donors (Lipinski definition) is 0. The second kappa shape index (κ2) is 5.96. The van der Waals surface area contributed by atoms with E-state index in [-0.39, 0.29) is 12.1 Å². The van der Waals surface area contributed by atoms with Gasteiger partial charge in [-0.2, -0.15) is 0 Å². The quantitative estimate of drug-likeness (QED) is 0.755. The van der Waals surface area contributed by atoms with E-state index >= 15 is 0 Å². The fourth-order valence-corrected chi connectivity index (χ4v) is 1.62. The first kappa shape index (κ1) is 13.7. The predicted molar refractivity (Wildman–Crippen MR) is 69.7 cm³/mol. The van der Waals surface area contributed by atoms with Gasteiger partial charge in [-0.25, -0.2) is 9.48 Å². The summed E-state index contributed by atoms with van der Waals surface area (Å²) in [6, 6.07) is 5.93. The van der Waals surface area contributed by atoms with E-state index < -0.39 is 5.97 Å². The van der Waals surface area contributed by atoms with Crippen molar-refractivity contribution in [3.8, 4) is 5.88 Å². The number of esters is 1. The molecule has 0 aliphatic carbocycles. The fraction of sp³-hybridized carbons (Fsp3) is 0.231. The average Bonchev–Trinajstić information content (AvgIpc) is 2.49. The van der Waals surface area contributed by atoms with Crippen LogP contribution in [0.1, 0.15) is 16.1 Å². The molecule has 0 fully saturated rings. The minimum Gasteiger partial charge on any atom is -0.480 e. The van der Waals surface area contributed by atoms with Gasteiger partial charge in [0.05, 0.1) is 32.0 Å². The molecule has 0 aromatic carbocycles. The lowest BCUT2D eigenvalue weighted by Crippen LogP contribution is -2.23. The third-order valence-corrected chi connectivity index (χ3v) is 2.60. The maximum absolute atomic E-state index is 11.7. The van der Waals surface area contributed by atoms with E-state index in [9.17, 15) is 9.59 Å². The van der Waals surface area contributed by atoms with Gasteiger partial charge < -0.3 is 9.47 Å². The number of pyridine rings is 1. The van der Waals surface area contributed by atoms with Crippen molar-refractivity contribution in [1.29, 1.82) is 0 Å². The maximum Gasteiger partial charge on any atom is 0.337 e. The molecule has 0 radical (unpaired) electrons. The average molecular weight is 275 g/mol. The molecular formula is C13H13N3O4. The summed E-state index contributed by atoms with van der Waals surface area (Å²) in [5.74, 6) is -0.131. The van der Waals surface area contributed by atoms with E-state index in [0.717, 1.165) is 0 Å². The van der Waals surface area contributed by atoms with Crippen molar-refractivity contribution in [2.24, 2.45) is 0 Å². The lowest BCUT2D eigenvalue weighted by Gasteiger charge is -2.06. The van der Waals surface area contributed by atoms with E-state index in [0.29, 0.717) is 17.1 Å². The van der Waals surface area contributed by atoms with Gasteiger partial charge in [0.1, 0.15) is 0 Å². The zero-order valence-electron chi connectivity index (χ0n) is 11.1. The number of ether oxygens (including phenoxy) is 2. The Bertz CT molecular complexity index is 681. The van der Waals surface area contributed by atoms with Gasteiger partial charge in [-0.05, 0) is 12.1 Å². The molecule has 7 nitrogen and oxygen atoms in total. The fourth-order valence-electron chi connectivity index (χ4n) is 1.62. The molecule has 0 N–H and O–H groups in total. The lowest BCUT2D eigenvalue weighted by atomic mass is 10.2. The molecular weight excluding hydrogens is 262 g/mol. The van der Waals surface area contributed by atoms with Crippen molar-refractivity contribution in [3.05, 3.63) is 52.1 Å². The summed E-state index contributed by atoms with van der Waals surface area (Å²) in [6.45, 7) is 0.140. The van der Waals surface area contributed by atoms with Crippen LogP contribution in [0.4, 0.5) is 0 Å². The highest BCUT2D eigenvalue weighted by Crippen LogP contribution is 2.05. The Morgan fingerprint density at radius 2 is 2.10 bits per heavy atom. The number of aromatic nitrogens is 3. The standard InChI is InChI=1S/C13H13N3O4/c1-19-11-3-4-12(17)16(15-11)8-10-7-9(5-6-14-10)13(18)20-2/h3-7H,8H2,1-2H3. The van der Waals surface area contributed by atoms with Crippen LogP contribution in [0.2, 0.25) is 0 Å². The molecule has 0 atom stereocenters. The summed E-state index contributed by atoms with van der Waals surface area (Å²) in [7, 11) is 2.77. The van der Waals surface area contributed by atoms with Gasteiger partial charge in [-0.15, -0.1) is 5.10 Å². The molecule has 2 aromatic rings. The van der Waals surface area contributed by atoms with Crippen molar-refractivity contribution in [2.45, 2.75) is 6.54 Å². The van der Waals surface area contributed by atoms with Crippen molar-refractivity contribution in [1.82, 2.24) is 14.8 Å². The zero-order chi connectivity index (χ0) is 14.5. The molecule has 2 aromatic heterocycles. The molecule has 0 aliphatic heterocycles. The van der Waals surface area contributed by atoms with Crippen molar-refractivity contribution >= 4 is 5.97 Å². The molecule has 104 valence electrons. The van der Waals surface area contributed by atoms with Crippen LogP contribution in [0.5, 0.6) is 5.88 Å². The highest BCUT2D eigenvalue weighted by atomic mass is 16.5. The van der Waals surface area contributed by atoms with Crippen molar-refractivity contribution in [3.63, 3.8) is 0 Å². The Labute approximate surface area is 114 Å². The Balaban J connectivity index is 2.30. The summed E-state index contributed by atoms with van der Waals surface area (Å²) in [5, 5.41) is 4.01. The molecule has 20 heavy (non-hydrogen) atoms. The predicted octanol–water partition coefficient (Wildman–Crippen LogP) is 0.482. The Morgan fingerprint density at radius 1 is 1.30 bits per heavy atom. The number of carbonyl (C=O) groups excluding carboxylic acids is 1. The van der Waals surface area contributed by atoms with Crippen LogP contribution in [0.15, 0.2) is 35.3 Å². The zero-order valence-corrected chi connectivity index (χ0v) is 11.1. The molecule has 2 heterocycles. The largest absolute Gasteiger partial charge is 0.480 e. The van der Waals surface area contributed by atoms with E-state index in [1.54, 1.807) is 6.07 Å². The number of carbonyl (C=O) groups is 1. The first-order chi connectivity index (χ1) is 9.63. The molecule has 0 spiro atoms. The number of rotatable bonds is 4. The highest BCUT2D eigenvalue weighted by molar-refractivity contribution is 5.89. The van der Waals surface area contributed by atoms with Gasteiger partial charge in [0, 0.05) is 18.3 Å². The number of nitrogens with zero attached hydrogens (tertiary/aromatic N) is 3. The van der Waals surface area contributed by atoms with Gasteiger partial charge >= 0.3 is 5.97 Å². The lowest BCUT2D eigenvalue weighted by molar-refractivity contribution is 0.0600. The third kappa shape index (κ3) is 3.00. The van der Waals surface area contributed by atoms with Crippen LogP contribution in [-0.2, 0) is 11.3 Å². The van der Waals surface area contributed by atoms with Gasteiger partial charge in [-0.1, -0.05) is 0 Å². The molecule has 2 rings (SSSR count). The van der Waals surface area contributed by atoms with Crippen molar-refractivity contribution in [2.75, 3.05) is 14.2 Å². The number of methoxy groups -OCH3 is 2. The van der Waals surface area contributed by atoms with Gasteiger partial charge in [0.25, 0.3) is 5.56 Å². The van der Waals surface area contributed by atoms with Crippen molar-refractivity contribution < 1.29 is 14.3 Å². The summed E-state index contributed by atoms with van der Waals surface area (Å²) in [4.78, 5) is 27.2. The van der Waals surface area contributed by atoms with Gasteiger partial charge in [-0.3, -0.25) is 9.78 Å². The van der Waals surface area contributed by atoms with Crippen LogP contribution in [0, 0.1) is 0 Å². The topological polar surface area (TPSA) is 83.3 Å². The van der Waals surface area contributed by atoms with Gasteiger partial charge in [0.15, 0.2) is 0 Å². The van der Waals surface area contributed by atoms with E-state index in [2.05, 4.69) is 14.8 Å². The van der Waals surface area contributed by atoms with Crippen LogP contribution < -0.4 is 10.3 Å². The molecule has 0 saturated carbocycles.